The normalized spacial score (nSPS) is 13.4. The Morgan fingerprint density at radius 2 is 2.00 bits per heavy atom. The highest BCUT2D eigenvalue weighted by Crippen LogP contribution is 2.30. The summed E-state index contributed by atoms with van der Waals surface area (Å²) in [5.74, 6) is -0.202. The molecule has 0 aliphatic heterocycles. The summed E-state index contributed by atoms with van der Waals surface area (Å²) in [6, 6.07) is 2.93. The van der Waals surface area contributed by atoms with Crippen LogP contribution in [0.25, 0.3) is 0 Å². The molecule has 1 aromatic rings. The predicted molar refractivity (Wildman–Crippen MR) is 68.0 cm³/mol. The van der Waals surface area contributed by atoms with Crippen LogP contribution in [0.1, 0.15) is 47.7 Å². The van der Waals surface area contributed by atoms with E-state index in [-0.39, 0.29) is 18.2 Å². The van der Waals surface area contributed by atoms with Crippen LogP contribution in [0.15, 0.2) is 18.2 Å². The lowest BCUT2D eigenvalue weighted by Gasteiger charge is -2.13. The Morgan fingerprint density at radius 1 is 1.37 bits per heavy atom. The van der Waals surface area contributed by atoms with E-state index < -0.39 is 11.7 Å². The number of nitrogens with two attached hydrogens (primary N) is 1. The van der Waals surface area contributed by atoms with E-state index in [1.807, 2.05) is 6.92 Å². The van der Waals surface area contributed by atoms with Crippen molar-refractivity contribution in [3.63, 3.8) is 0 Å². The molecule has 1 atom stereocenters. The number of carbonyl (C=O) groups excluding carboxylic acids is 1. The van der Waals surface area contributed by atoms with Gasteiger partial charge in [-0.25, -0.2) is 0 Å². The van der Waals surface area contributed by atoms with Gasteiger partial charge < -0.3 is 5.73 Å². The van der Waals surface area contributed by atoms with Crippen molar-refractivity contribution in [1.29, 1.82) is 0 Å². The topological polar surface area (TPSA) is 43.1 Å². The fourth-order valence-corrected chi connectivity index (χ4v) is 1.97. The highest BCUT2D eigenvalue weighted by Gasteiger charge is 2.31. The first-order valence-corrected chi connectivity index (χ1v) is 6.22. The lowest BCUT2D eigenvalue weighted by atomic mass is 9.96. The fraction of sp³-hybridized carbons (Fsp3) is 0.500. The van der Waals surface area contributed by atoms with Crippen LogP contribution < -0.4 is 5.73 Å². The largest absolute Gasteiger partial charge is 0.416 e. The first-order valence-electron chi connectivity index (χ1n) is 6.22. The number of rotatable bonds is 5. The van der Waals surface area contributed by atoms with Gasteiger partial charge in [0, 0.05) is 18.0 Å². The SMILES string of the molecule is CCCC(N)CC(=O)c1ccc(C(F)(F)F)cc1C. The van der Waals surface area contributed by atoms with E-state index in [1.54, 1.807) is 0 Å². The molecule has 106 valence electrons. The van der Waals surface area contributed by atoms with Crippen LogP contribution in [0, 0.1) is 6.92 Å². The van der Waals surface area contributed by atoms with Gasteiger partial charge in [-0.05, 0) is 31.0 Å². The van der Waals surface area contributed by atoms with Crippen molar-refractivity contribution in [2.45, 2.75) is 45.3 Å². The summed E-state index contributed by atoms with van der Waals surface area (Å²) >= 11 is 0. The molecule has 1 aromatic carbocycles. The van der Waals surface area contributed by atoms with Crippen molar-refractivity contribution < 1.29 is 18.0 Å². The van der Waals surface area contributed by atoms with Crippen molar-refractivity contribution in [2.24, 2.45) is 5.73 Å². The number of alkyl halides is 3. The zero-order valence-electron chi connectivity index (χ0n) is 11.1. The third kappa shape index (κ3) is 4.35. The van der Waals surface area contributed by atoms with E-state index >= 15 is 0 Å². The standard InChI is InChI=1S/C14H18F3NO/c1-3-4-11(18)8-13(19)12-6-5-10(7-9(12)2)14(15,16)17/h5-7,11H,3-4,8,18H2,1-2H3. The van der Waals surface area contributed by atoms with E-state index in [1.165, 1.54) is 13.0 Å². The minimum atomic E-state index is -4.38. The van der Waals surface area contributed by atoms with Crippen LogP contribution in [0.2, 0.25) is 0 Å². The lowest BCUT2D eigenvalue weighted by molar-refractivity contribution is -0.137. The lowest BCUT2D eigenvalue weighted by Crippen LogP contribution is -2.24. The Balaban J connectivity index is 2.88. The Bertz CT molecular complexity index is 454. The number of ketones is 1. The van der Waals surface area contributed by atoms with E-state index in [9.17, 15) is 18.0 Å². The van der Waals surface area contributed by atoms with Gasteiger partial charge in [0.15, 0.2) is 5.78 Å². The monoisotopic (exact) mass is 273 g/mol. The average Bonchev–Trinajstić information content (AvgIpc) is 2.27. The molecule has 0 aromatic heterocycles. The Kier molecular flexibility index (Phi) is 5.11. The molecular weight excluding hydrogens is 255 g/mol. The maximum absolute atomic E-state index is 12.5. The second kappa shape index (κ2) is 6.19. The predicted octanol–water partition coefficient (Wildman–Crippen LogP) is 3.71. The average molecular weight is 273 g/mol. The molecule has 0 saturated heterocycles. The summed E-state index contributed by atoms with van der Waals surface area (Å²) in [5.41, 5.74) is 5.69. The summed E-state index contributed by atoms with van der Waals surface area (Å²) in [6.45, 7) is 3.47. The molecule has 19 heavy (non-hydrogen) atoms. The quantitative estimate of drug-likeness (QED) is 0.831. The number of Topliss-reactive ketones (excluding diaryl/α,β-unsaturated/α-hetero) is 1. The van der Waals surface area contributed by atoms with Crippen LogP contribution in [-0.2, 0) is 6.18 Å². The maximum Gasteiger partial charge on any atom is 0.416 e. The second-order valence-corrected chi connectivity index (χ2v) is 4.70. The number of hydrogen-bond donors (Lipinski definition) is 1. The molecule has 0 spiro atoms. The molecule has 2 N–H and O–H groups in total. The van der Waals surface area contributed by atoms with Crippen molar-refractivity contribution in [2.75, 3.05) is 0 Å². The van der Waals surface area contributed by atoms with Crippen molar-refractivity contribution in [3.05, 3.63) is 34.9 Å². The zero-order valence-corrected chi connectivity index (χ0v) is 11.1. The van der Waals surface area contributed by atoms with Crippen LogP contribution in [0.4, 0.5) is 13.2 Å². The zero-order chi connectivity index (χ0) is 14.6. The molecule has 0 aliphatic carbocycles. The molecule has 0 amide bonds. The molecule has 0 radical (unpaired) electrons. The van der Waals surface area contributed by atoms with Gasteiger partial charge in [-0.15, -0.1) is 0 Å². The van der Waals surface area contributed by atoms with Crippen LogP contribution in [0.5, 0.6) is 0 Å². The first kappa shape index (κ1) is 15.7. The summed E-state index contributed by atoms with van der Waals surface area (Å²) in [7, 11) is 0. The van der Waals surface area contributed by atoms with E-state index in [0.29, 0.717) is 11.1 Å². The van der Waals surface area contributed by atoms with Gasteiger partial charge in [-0.3, -0.25) is 4.79 Å². The number of aryl methyl sites for hydroxylation is 1. The van der Waals surface area contributed by atoms with Crippen molar-refractivity contribution in [3.8, 4) is 0 Å². The highest BCUT2D eigenvalue weighted by atomic mass is 19.4. The molecule has 5 heteroatoms. The van der Waals surface area contributed by atoms with Gasteiger partial charge in [-0.1, -0.05) is 19.4 Å². The van der Waals surface area contributed by atoms with E-state index in [0.717, 1.165) is 25.0 Å². The fourth-order valence-electron chi connectivity index (χ4n) is 1.97. The van der Waals surface area contributed by atoms with Crippen LogP contribution >= 0.6 is 0 Å². The molecule has 0 aliphatic rings. The summed E-state index contributed by atoms with van der Waals surface area (Å²) in [6.07, 6.45) is -2.61. The molecule has 1 unspecified atom stereocenters. The minimum Gasteiger partial charge on any atom is -0.327 e. The van der Waals surface area contributed by atoms with Gasteiger partial charge >= 0.3 is 6.18 Å². The third-order valence-corrected chi connectivity index (χ3v) is 2.96. The Hall–Kier alpha value is -1.36. The third-order valence-electron chi connectivity index (χ3n) is 2.96. The summed E-state index contributed by atoms with van der Waals surface area (Å²) in [5, 5.41) is 0. The Labute approximate surface area is 110 Å². The number of hydrogen-bond acceptors (Lipinski definition) is 2. The van der Waals surface area contributed by atoms with Gasteiger partial charge in [0.25, 0.3) is 0 Å². The summed E-state index contributed by atoms with van der Waals surface area (Å²) < 4.78 is 37.5. The molecule has 0 fully saturated rings. The maximum atomic E-state index is 12.5. The van der Waals surface area contributed by atoms with Crippen LogP contribution in [-0.4, -0.2) is 11.8 Å². The molecular formula is C14H18F3NO. The number of halogens is 3. The molecule has 0 heterocycles. The molecule has 1 rings (SSSR count). The van der Waals surface area contributed by atoms with Gasteiger partial charge in [0.05, 0.1) is 5.56 Å². The van der Waals surface area contributed by atoms with Crippen molar-refractivity contribution >= 4 is 5.78 Å². The Morgan fingerprint density at radius 3 is 2.47 bits per heavy atom. The van der Waals surface area contributed by atoms with E-state index in [2.05, 4.69) is 0 Å². The van der Waals surface area contributed by atoms with Gasteiger partial charge in [-0.2, -0.15) is 13.2 Å². The molecule has 0 bridgehead atoms. The van der Waals surface area contributed by atoms with Gasteiger partial charge in [0.1, 0.15) is 0 Å². The number of benzene rings is 1. The second-order valence-electron chi connectivity index (χ2n) is 4.70. The molecule has 2 nitrogen and oxygen atoms in total. The smallest absolute Gasteiger partial charge is 0.327 e. The van der Waals surface area contributed by atoms with Crippen LogP contribution in [0.3, 0.4) is 0 Å². The van der Waals surface area contributed by atoms with Crippen molar-refractivity contribution in [1.82, 2.24) is 0 Å². The minimum absolute atomic E-state index is 0.167. The first-order chi connectivity index (χ1) is 8.75. The molecule has 0 saturated carbocycles. The summed E-state index contributed by atoms with van der Waals surface area (Å²) in [4.78, 5) is 12.0. The van der Waals surface area contributed by atoms with Gasteiger partial charge in [0.2, 0.25) is 0 Å². The highest BCUT2D eigenvalue weighted by molar-refractivity contribution is 5.97. The number of carbonyl (C=O) groups is 1. The van der Waals surface area contributed by atoms with E-state index in [4.69, 9.17) is 5.73 Å².